The molecule has 0 amide bonds. The fourth-order valence-corrected chi connectivity index (χ4v) is 4.04. The molecule has 0 fully saturated rings. The van der Waals surface area contributed by atoms with E-state index in [9.17, 15) is 4.79 Å². The van der Waals surface area contributed by atoms with Crippen LogP contribution in [0.5, 0.6) is 0 Å². The summed E-state index contributed by atoms with van der Waals surface area (Å²) in [6, 6.07) is 25.3. The first-order valence-electron chi connectivity index (χ1n) is 8.81. The number of pyridine rings is 1. The number of para-hydroxylation sites is 1. The predicted octanol–water partition coefficient (Wildman–Crippen LogP) is 4.79. The summed E-state index contributed by atoms with van der Waals surface area (Å²) in [6.45, 7) is 0. The Morgan fingerprint density at radius 3 is 2.44 bits per heavy atom. The number of hydrogen-bond acceptors (Lipinski definition) is 1. The molecule has 0 N–H and O–H groups in total. The van der Waals surface area contributed by atoms with Gasteiger partial charge in [-0.2, -0.15) is 4.57 Å². The molecule has 2 heteroatoms. The van der Waals surface area contributed by atoms with Gasteiger partial charge in [0.2, 0.25) is 11.2 Å². The summed E-state index contributed by atoms with van der Waals surface area (Å²) in [5.41, 5.74) is 4.32. The molecule has 0 saturated heterocycles. The van der Waals surface area contributed by atoms with E-state index in [4.69, 9.17) is 0 Å². The SMILES string of the molecule is O=C1CCCc2c1cc1c3ccccc3ccc1[n+]2-c1ccccc1. The van der Waals surface area contributed by atoms with Crippen molar-refractivity contribution in [3.8, 4) is 5.69 Å². The van der Waals surface area contributed by atoms with Crippen LogP contribution in [0.25, 0.3) is 27.4 Å². The molecule has 3 aromatic carbocycles. The van der Waals surface area contributed by atoms with Crippen LogP contribution < -0.4 is 4.57 Å². The molecule has 1 aliphatic rings. The first-order valence-corrected chi connectivity index (χ1v) is 8.81. The fraction of sp³-hybridized carbons (Fsp3) is 0.130. The number of carbonyl (C=O) groups excluding carboxylic acids is 1. The molecule has 0 saturated carbocycles. The Hall–Kier alpha value is -3.00. The van der Waals surface area contributed by atoms with Crippen LogP contribution in [0.15, 0.2) is 72.8 Å². The summed E-state index contributed by atoms with van der Waals surface area (Å²) in [4.78, 5) is 12.6. The Morgan fingerprint density at radius 2 is 1.56 bits per heavy atom. The lowest BCUT2D eigenvalue weighted by molar-refractivity contribution is -0.576. The van der Waals surface area contributed by atoms with Crippen molar-refractivity contribution in [2.75, 3.05) is 0 Å². The molecule has 1 aromatic heterocycles. The largest absolute Gasteiger partial charge is 0.294 e. The number of benzene rings is 3. The minimum absolute atomic E-state index is 0.265. The van der Waals surface area contributed by atoms with Crippen molar-refractivity contribution in [3.63, 3.8) is 0 Å². The van der Waals surface area contributed by atoms with Crippen molar-refractivity contribution < 1.29 is 9.36 Å². The molecular formula is C23H18NO+. The van der Waals surface area contributed by atoms with Crippen molar-refractivity contribution in [3.05, 3.63) is 84.1 Å². The molecular weight excluding hydrogens is 306 g/mol. The second-order valence-electron chi connectivity index (χ2n) is 6.67. The molecule has 0 bridgehead atoms. The summed E-state index contributed by atoms with van der Waals surface area (Å²) < 4.78 is 2.29. The second-order valence-corrected chi connectivity index (χ2v) is 6.67. The summed E-state index contributed by atoms with van der Waals surface area (Å²) in [7, 11) is 0. The van der Waals surface area contributed by atoms with Crippen LogP contribution in [0, 0.1) is 0 Å². The van der Waals surface area contributed by atoms with Crippen LogP contribution in [0.2, 0.25) is 0 Å². The molecule has 120 valence electrons. The number of aromatic nitrogens is 1. The number of hydrogen-bond donors (Lipinski definition) is 0. The zero-order valence-electron chi connectivity index (χ0n) is 13.9. The minimum atomic E-state index is 0.265. The lowest BCUT2D eigenvalue weighted by atomic mass is 9.91. The number of carbonyl (C=O) groups is 1. The average molecular weight is 324 g/mol. The van der Waals surface area contributed by atoms with E-state index >= 15 is 0 Å². The first-order chi connectivity index (χ1) is 12.3. The molecule has 0 spiro atoms. The molecule has 4 aromatic rings. The number of Topliss-reactive ketones (excluding diaryl/α,β-unsaturated/α-hetero) is 1. The number of rotatable bonds is 1. The predicted molar refractivity (Wildman–Crippen MR) is 100 cm³/mol. The summed E-state index contributed by atoms with van der Waals surface area (Å²) >= 11 is 0. The Bertz CT molecular complexity index is 1130. The van der Waals surface area contributed by atoms with Crippen LogP contribution in [0.3, 0.4) is 0 Å². The van der Waals surface area contributed by atoms with Gasteiger partial charge in [0.25, 0.3) is 0 Å². The average Bonchev–Trinajstić information content (AvgIpc) is 2.67. The highest BCUT2D eigenvalue weighted by Crippen LogP contribution is 2.29. The van der Waals surface area contributed by atoms with Crippen molar-refractivity contribution in [1.82, 2.24) is 0 Å². The maximum absolute atomic E-state index is 12.6. The third-order valence-corrected chi connectivity index (χ3v) is 5.19. The van der Waals surface area contributed by atoms with Crippen LogP contribution in [0.1, 0.15) is 28.9 Å². The Morgan fingerprint density at radius 1 is 0.760 bits per heavy atom. The maximum Gasteiger partial charge on any atom is 0.219 e. The van der Waals surface area contributed by atoms with E-state index in [2.05, 4.69) is 71.3 Å². The summed E-state index contributed by atoms with van der Waals surface area (Å²) in [5.74, 6) is 0.265. The van der Waals surface area contributed by atoms with Crippen molar-refractivity contribution in [2.45, 2.75) is 19.3 Å². The Balaban J connectivity index is 1.99. The molecule has 0 unspecified atom stereocenters. The number of nitrogens with zero attached hydrogens (tertiary/aromatic N) is 1. The highest BCUT2D eigenvalue weighted by Gasteiger charge is 2.30. The molecule has 0 aliphatic heterocycles. The van der Waals surface area contributed by atoms with E-state index in [0.717, 1.165) is 35.2 Å². The van der Waals surface area contributed by atoms with Gasteiger partial charge < -0.3 is 0 Å². The van der Waals surface area contributed by atoms with E-state index in [1.165, 1.54) is 16.3 Å². The van der Waals surface area contributed by atoms with Gasteiger partial charge in [-0.15, -0.1) is 0 Å². The van der Waals surface area contributed by atoms with Crippen LogP contribution in [-0.2, 0) is 6.42 Å². The smallest absolute Gasteiger partial charge is 0.219 e. The highest BCUT2D eigenvalue weighted by molar-refractivity contribution is 6.08. The van der Waals surface area contributed by atoms with Gasteiger partial charge in [-0.05, 0) is 29.3 Å². The van der Waals surface area contributed by atoms with Gasteiger partial charge in [0.1, 0.15) is 0 Å². The van der Waals surface area contributed by atoms with E-state index in [1.807, 2.05) is 6.07 Å². The quantitative estimate of drug-likeness (QED) is 0.364. The molecule has 25 heavy (non-hydrogen) atoms. The summed E-state index contributed by atoms with van der Waals surface area (Å²) in [6.07, 6.45) is 2.52. The third-order valence-electron chi connectivity index (χ3n) is 5.19. The standard InChI is InChI=1S/C23H18NO/c25-23-12-6-11-21-20(23)15-19-18-10-5-4-7-16(18)13-14-22(19)24(21)17-8-2-1-3-9-17/h1-5,7-10,13-15H,6,11-12H2/q+1. The molecule has 5 rings (SSSR count). The molecule has 0 radical (unpaired) electrons. The van der Waals surface area contributed by atoms with Crippen molar-refractivity contribution in [1.29, 1.82) is 0 Å². The summed E-state index contributed by atoms with van der Waals surface area (Å²) in [5, 5.41) is 3.56. The Kier molecular flexibility index (Phi) is 3.17. The van der Waals surface area contributed by atoms with Gasteiger partial charge in [-0.25, -0.2) is 0 Å². The van der Waals surface area contributed by atoms with Crippen molar-refractivity contribution in [2.24, 2.45) is 0 Å². The molecule has 2 nitrogen and oxygen atoms in total. The van der Waals surface area contributed by atoms with Gasteiger partial charge in [-0.1, -0.05) is 42.5 Å². The zero-order chi connectivity index (χ0) is 16.8. The molecule has 1 aliphatic carbocycles. The lowest BCUT2D eigenvalue weighted by Crippen LogP contribution is -2.40. The lowest BCUT2D eigenvalue weighted by Gasteiger charge is -2.16. The van der Waals surface area contributed by atoms with Crippen LogP contribution >= 0.6 is 0 Å². The zero-order valence-corrected chi connectivity index (χ0v) is 13.9. The molecule has 1 heterocycles. The highest BCUT2D eigenvalue weighted by atomic mass is 16.1. The molecule has 0 atom stereocenters. The van der Waals surface area contributed by atoms with E-state index < -0.39 is 0 Å². The van der Waals surface area contributed by atoms with Gasteiger partial charge in [-0.3, -0.25) is 4.79 Å². The van der Waals surface area contributed by atoms with Gasteiger partial charge in [0.15, 0.2) is 11.5 Å². The van der Waals surface area contributed by atoms with Crippen molar-refractivity contribution >= 4 is 27.5 Å². The Labute approximate surface area is 146 Å². The van der Waals surface area contributed by atoms with Gasteiger partial charge in [0, 0.05) is 31.0 Å². The topological polar surface area (TPSA) is 20.9 Å². The van der Waals surface area contributed by atoms with E-state index in [0.29, 0.717) is 6.42 Å². The van der Waals surface area contributed by atoms with E-state index in [-0.39, 0.29) is 5.78 Å². The number of fused-ring (bicyclic) bond motifs is 4. The monoisotopic (exact) mass is 324 g/mol. The normalized spacial score (nSPS) is 14.0. The van der Waals surface area contributed by atoms with Gasteiger partial charge >= 0.3 is 0 Å². The first kappa shape index (κ1) is 14.4. The van der Waals surface area contributed by atoms with Crippen LogP contribution in [-0.4, -0.2) is 5.78 Å². The second kappa shape index (κ2) is 5.52. The maximum atomic E-state index is 12.6. The minimum Gasteiger partial charge on any atom is -0.294 e. The van der Waals surface area contributed by atoms with Crippen LogP contribution in [0.4, 0.5) is 0 Å². The van der Waals surface area contributed by atoms with Gasteiger partial charge in [0.05, 0.1) is 10.9 Å². The van der Waals surface area contributed by atoms with E-state index in [1.54, 1.807) is 0 Å². The third kappa shape index (κ3) is 2.18. The number of ketones is 1. The fourth-order valence-electron chi connectivity index (χ4n) is 4.04.